The molecule has 2 heteroatoms. The van der Waals surface area contributed by atoms with Crippen molar-refractivity contribution in [3.8, 4) is 0 Å². The first-order valence-electron chi connectivity index (χ1n) is 5.54. The lowest BCUT2D eigenvalue weighted by Crippen LogP contribution is -2.11. The summed E-state index contributed by atoms with van der Waals surface area (Å²) in [4.78, 5) is 11.7. The fourth-order valence-electron chi connectivity index (χ4n) is 1.48. The molecule has 0 amide bonds. The van der Waals surface area contributed by atoms with E-state index in [0.29, 0.717) is 6.42 Å². The van der Waals surface area contributed by atoms with Gasteiger partial charge in [0.05, 0.1) is 0 Å². The third-order valence-corrected chi connectivity index (χ3v) is 2.53. The summed E-state index contributed by atoms with van der Waals surface area (Å²) in [7, 11) is 0. The molecule has 0 aliphatic heterocycles. The van der Waals surface area contributed by atoms with Gasteiger partial charge in [-0.15, -0.1) is 0 Å². The van der Waals surface area contributed by atoms with Crippen LogP contribution < -0.4 is 5.32 Å². The molecule has 0 saturated carbocycles. The minimum atomic E-state index is 0.0814. The Labute approximate surface area is 97.4 Å². The molecule has 0 radical (unpaired) electrons. The number of anilines is 1. The van der Waals surface area contributed by atoms with Gasteiger partial charge >= 0.3 is 0 Å². The molecule has 2 nitrogen and oxygen atoms in total. The van der Waals surface area contributed by atoms with E-state index in [1.54, 1.807) is 6.20 Å². The first-order chi connectivity index (χ1) is 7.54. The Kier molecular flexibility index (Phi) is 4.29. The highest BCUT2D eigenvalue weighted by atomic mass is 16.1. The van der Waals surface area contributed by atoms with Gasteiger partial charge in [0.15, 0.2) is 0 Å². The molecule has 0 unspecified atom stereocenters. The largest absolute Gasteiger partial charge is 0.362 e. The third-order valence-electron chi connectivity index (χ3n) is 2.53. The smallest absolute Gasteiger partial charge is 0.139 e. The van der Waals surface area contributed by atoms with Crippen LogP contribution in [0.3, 0.4) is 0 Å². The normalized spacial score (nSPS) is 10.2. The first kappa shape index (κ1) is 12.5. The Hall–Kier alpha value is -1.57. The molecule has 0 fully saturated rings. The number of carbonyl (C=O) groups excluding carboxylic acids is 1. The van der Waals surface area contributed by atoms with Crippen molar-refractivity contribution in [3.63, 3.8) is 0 Å². The summed E-state index contributed by atoms with van der Waals surface area (Å²) in [5, 5.41) is 3.07. The van der Waals surface area contributed by atoms with Crippen LogP contribution in [0.5, 0.6) is 0 Å². The Bertz CT molecular complexity index is 394. The molecule has 0 aliphatic rings. The van der Waals surface area contributed by atoms with E-state index in [2.05, 4.69) is 11.9 Å². The van der Waals surface area contributed by atoms with Crippen molar-refractivity contribution in [2.45, 2.75) is 27.2 Å². The zero-order valence-corrected chi connectivity index (χ0v) is 10.2. The number of carbonyl (C=O) groups is 1. The van der Waals surface area contributed by atoms with Gasteiger partial charge in [-0.25, -0.2) is 0 Å². The van der Waals surface area contributed by atoms with Crippen molar-refractivity contribution < 1.29 is 4.79 Å². The summed E-state index contributed by atoms with van der Waals surface area (Å²) >= 11 is 0. The summed E-state index contributed by atoms with van der Waals surface area (Å²) in [6.45, 7) is 9.53. The predicted molar refractivity (Wildman–Crippen MR) is 68.5 cm³/mol. The van der Waals surface area contributed by atoms with Crippen molar-refractivity contribution in [1.82, 2.24) is 0 Å². The van der Waals surface area contributed by atoms with Gasteiger partial charge in [0, 0.05) is 18.0 Å². The van der Waals surface area contributed by atoms with Gasteiger partial charge in [-0.1, -0.05) is 32.6 Å². The molecule has 0 saturated heterocycles. The van der Waals surface area contributed by atoms with E-state index in [1.165, 1.54) is 5.56 Å². The Morgan fingerprint density at radius 2 is 2.19 bits per heavy atom. The van der Waals surface area contributed by atoms with Gasteiger partial charge in [-0.05, 0) is 30.3 Å². The van der Waals surface area contributed by atoms with E-state index in [0.717, 1.165) is 11.3 Å². The summed E-state index contributed by atoms with van der Waals surface area (Å²) in [5.41, 5.74) is 3.18. The topological polar surface area (TPSA) is 29.1 Å². The van der Waals surface area contributed by atoms with Gasteiger partial charge in [-0.3, -0.25) is 4.79 Å². The Morgan fingerprint density at radius 3 is 2.75 bits per heavy atom. The second-order valence-corrected chi connectivity index (χ2v) is 4.31. The van der Waals surface area contributed by atoms with Crippen LogP contribution in [0.1, 0.15) is 25.0 Å². The van der Waals surface area contributed by atoms with E-state index in [4.69, 9.17) is 0 Å². The lowest BCUT2D eigenvalue weighted by Gasteiger charge is -2.11. The second-order valence-electron chi connectivity index (χ2n) is 4.31. The van der Waals surface area contributed by atoms with E-state index in [9.17, 15) is 4.79 Å². The molecule has 0 heterocycles. The number of Topliss-reactive ketones (excluding diaryl/α,β-unsaturated/α-hetero) is 1. The first-order valence-corrected chi connectivity index (χ1v) is 5.54. The molecular weight excluding hydrogens is 198 g/mol. The molecule has 86 valence electrons. The van der Waals surface area contributed by atoms with Crippen molar-refractivity contribution in [1.29, 1.82) is 0 Å². The summed E-state index contributed by atoms with van der Waals surface area (Å²) in [5.74, 6) is 0.342. The highest BCUT2D eigenvalue weighted by Gasteiger charge is 2.10. The molecule has 0 bridgehead atoms. The molecule has 1 N–H and O–H groups in total. The van der Waals surface area contributed by atoms with Crippen LogP contribution in [-0.4, -0.2) is 5.78 Å². The number of aryl methyl sites for hydroxylation is 1. The number of nitrogens with one attached hydrogen (secondary N) is 1. The minimum Gasteiger partial charge on any atom is -0.362 e. The van der Waals surface area contributed by atoms with Crippen molar-refractivity contribution >= 4 is 11.5 Å². The van der Waals surface area contributed by atoms with Gasteiger partial charge in [-0.2, -0.15) is 0 Å². The van der Waals surface area contributed by atoms with Crippen LogP contribution >= 0.6 is 0 Å². The fourth-order valence-corrected chi connectivity index (χ4v) is 1.48. The zero-order chi connectivity index (χ0) is 12.1. The van der Waals surface area contributed by atoms with E-state index in [1.807, 2.05) is 39.0 Å². The number of ketones is 1. The lowest BCUT2D eigenvalue weighted by molar-refractivity contribution is -0.121. The van der Waals surface area contributed by atoms with Crippen LogP contribution in [0.15, 0.2) is 31.0 Å². The number of rotatable bonds is 5. The predicted octanol–water partition coefficient (Wildman–Crippen LogP) is 3.32. The maximum Gasteiger partial charge on any atom is 0.139 e. The molecular formula is C14H19NO. The highest BCUT2D eigenvalue weighted by molar-refractivity contribution is 5.84. The molecule has 0 aliphatic carbocycles. The van der Waals surface area contributed by atoms with Gasteiger partial charge in [0.1, 0.15) is 5.78 Å². The van der Waals surface area contributed by atoms with Gasteiger partial charge in [0.2, 0.25) is 0 Å². The molecule has 1 aromatic carbocycles. The molecule has 16 heavy (non-hydrogen) atoms. The molecule has 1 aromatic rings. The monoisotopic (exact) mass is 217 g/mol. The fraction of sp³-hybridized carbons (Fsp3) is 0.357. The van der Waals surface area contributed by atoms with Crippen LogP contribution in [0, 0.1) is 12.8 Å². The third kappa shape index (κ3) is 3.23. The number of hydrogen-bond acceptors (Lipinski definition) is 2. The maximum absolute atomic E-state index is 11.7. The maximum atomic E-state index is 11.7. The van der Waals surface area contributed by atoms with Crippen LogP contribution in [0.25, 0.3) is 0 Å². The van der Waals surface area contributed by atoms with Crippen molar-refractivity contribution in [2.75, 3.05) is 5.32 Å². The van der Waals surface area contributed by atoms with Crippen LogP contribution in [0.2, 0.25) is 0 Å². The Balaban J connectivity index is 2.94. The second kappa shape index (κ2) is 5.50. The van der Waals surface area contributed by atoms with E-state index >= 15 is 0 Å². The Morgan fingerprint density at radius 1 is 1.50 bits per heavy atom. The van der Waals surface area contributed by atoms with Gasteiger partial charge in [0.25, 0.3) is 0 Å². The minimum absolute atomic E-state index is 0.0814. The van der Waals surface area contributed by atoms with Crippen LogP contribution in [0.4, 0.5) is 5.69 Å². The van der Waals surface area contributed by atoms with Crippen molar-refractivity contribution in [3.05, 3.63) is 42.1 Å². The molecule has 1 rings (SSSR count). The summed E-state index contributed by atoms with van der Waals surface area (Å²) in [6.07, 6.45) is 2.12. The van der Waals surface area contributed by atoms with Crippen LogP contribution in [-0.2, 0) is 11.2 Å². The van der Waals surface area contributed by atoms with Crippen molar-refractivity contribution in [2.24, 2.45) is 5.92 Å². The average molecular weight is 217 g/mol. The highest BCUT2D eigenvalue weighted by Crippen LogP contribution is 2.19. The molecule has 0 spiro atoms. The summed E-state index contributed by atoms with van der Waals surface area (Å²) in [6, 6.07) is 6.06. The number of benzene rings is 1. The van der Waals surface area contributed by atoms with E-state index in [-0.39, 0.29) is 11.7 Å². The lowest BCUT2D eigenvalue weighted by atomic mass is 9.99. The molecule has 0 atom stereocenters. The zero-order valence-electron chi connectivity index (χ0n) is 10.2. The SMILES string of the molecule is C=CNc1cc(C)ccc1CC(=O)C(C)C. The average Bonchev–Trinajstić information content (AvgIpc) is 2.22. The summed E-state index contributed by atoms with van der Waals surface area (Å²) < 4.78 is 0. The standard InChI is InChI=1S/C14H19NO/c1-5-15-13-8-11(4)6-7-12(13)9-14(16)10(2)3/h5-8,10,15H,1,9H2,2-4H3. The molecule has 0 aromatic heterocycles. The van der Waals surface area contributed by atoms with Gasteiger partial charge < -0.3 is 5.32 Å². The quantitative estimate of drug-likeness (QED) is 0.819. The number of hydrogen-bond donors (Lipinski definition) is 1. The van der Waals surface area contributed by atoms with E-state index < -0.39 is 0 Å².